The van der Waals surface area contributed by atoms with E-state index in [9.17, 15) is 0 Å². The van der Waals surface area contributed by atoms with Crippen molar-refractivity contribution in [2.24, 2.45) is 11.3 Å². The van der Waals surface area contributed by atoms with Crippen LogP contribution in [0.1, 0.15) is 52.0 Å². The molecule has 0 bridgehead atoms. The summed E-state index contributed by atoms with van der Waals surface area (Å²) in [6, 6.07) is 12.6. The molecule has 1 heterocycles. The number of nitrogens with zero attached hydrogens (tertiary/aromatic N) is 2. The van der Waals surface area contributed by atoms with Crippen molar-refractivity contribution in [2.45, 2.75) is 59.1 Å². The average Bonchev–Trinajstić information content (AvgIpc) is 2.70. The first-order chi connectivity index (χ1) is 13.4. The Balaban J connectivity index is 1.81. The summed E-state index contributed by atoms with van der Waals surface area (Å²) < 4.78 is 6.24. The smallest absolute Gasteiger partial charge is 0.229 e. The molecule has 0 unspecified atom stereocenters. The van der Waals surface area contributed by atoms with Crippen LogP contribution < -0.4 is 9.80 Å². The first-order valence-corrected chi connectivity index (χ1v) is 10.8. The summed E-state index contributed by atoms with van der Waals surface area (Å²) >= 11 is 3.67. The van der Waals surface area contributed by atoms with Crippen molar-refractivity contribution in [3.8, 4) is 5.88 Å². The molecule has 0 atom stereocenters. The van der Waals surface area contributed by atoms with Gasteiger partial charge in [-0.3, -0.25) is 4.84 Å². The highest BCUT2D eigenvalue weighted by Gasteiger charge is 2.33. The van der Waals surface area contributed by atoms with Crippen LogP contribution in [-0.4, -0.2) is 18.1 Å². The number of hydrogen-bond donors (Lipinski definition) is 0. The molecular weight excluding hydrogens is 416 g/mol. The SMILES string of the molecule is COc1nccc(N(OCc2ccccc2)C2CCC(C(C)(C)C)CC2)c1Br. The van der Waals surface area contributed by atoms with Gasteiger partial charge < -0.3 is 4.74 Å². The molecule has 0 N–H and O–H groups in total. The van der Waals surface area contributed by atoms with Crippen LogP contribution in [0.25, 0.3) is 0 Å². The largest absolute Gasteiger partial charge is 0.480 e. The van der Waals surface area contributed by atoms with Gasteiger partial charge in [-0.2, -0.15) is 0 Å². The Bertz CT molecular complexity index is 753. The van der Waals surface area contributed by atoms with E-state index in [1.165, 1.54) is 12.8 Å². The van der Waals surface area contributed by atoms with Crippen molar-refractivity contribution in [1.82, 2.24) is 4.98 Å². The molecule has 1 aromatic heterocycles. The number of hydrogen-bond acceptors (Lipinski definition) is 4. The number of ether oxygens (including phenoxy) is 1. The van der Waals surface area contributed by atoms with E-state index in [1.54, 1.807) is 13.3 Å². The fourth-order valence-corrected chi connectivity index (χ4v) is 4.56. The van der Waals surface area contributed by atoms with Crippen LogP contribution in [0, 0.1) is 11.3 Å². The van der Waals surface area contributed by atoms with Gasteiger partial charge in [-0.1, -0.05) is 51.1 Å². The lowest BCUT2D eigenvalue weighted by molar-refractivity contribution is 0.0500. The van der Waals surface area contributed by atoms with Gasteiger partial charge >= 0.3 is 0 Å². The van der Waals surface area contributed by atoms with E-state index in [-0.39, 0.29) is 0 Å². The van der Waals surface area contributed by atoms with Gasteiger partial charge in [0.05, 0.1) is 25.4 Å². The normalized spacial score (nSPS) is 20.0. The summed E-state index contributed by atoms with van der Waals surface area (Å²) in [6.07, 6.45) is 6.46. The zero-order chi connectivity index (χ0) is 20.1. The number of methoxy groups -OCH3 is 1. The van der Waals surface area contributed by atoms with Crippen molar-refractivity contribution in [2.75, 3.05) is 12.2 Å². The monoisotopic (exact) mass is 446 g/mol. The molecule has 4 nitrogen and oxygen atoms in total. The Hall–Kier alpha value is -1.59. The van der Waals surface area contributed by atoms with Gasteiger partial charge in [0.25, 0.3) is 0 Å². The Labute approximate surface area is 177 Å². The first kappa shape index (κ1) is 21.1. The number of halogens is 1. The van der Waals surface area contributed by atoms with Crippen molar-refractivity contribution in [3.05, 3.63) is 52.6 Å². The highest BCUT2D eigenvalue weighted by atomic mass is 79.9. The van der Waals surface area contributed by atoms with Crippen molar-refractivity contribution >= 4 is 21.6 Å². The summed E-state index contributed by atoms with van der Waals surface area (Å²) in [7, 11) is 1.64. The van der Waals surface area contributed by atoms with Gasteiger partial charge in [0.2, 0.25) is 5.88 Å². The molecule has 5 heteroatoms. The van der Waals surface area contributed by atoms with E-state index < -0.39 is 0 Å². The summed E-state index contributed by atoms with van der Waals surface area (Å²) in [5.41, 5.74) is 2.50. The Kier molecular flexibility index (Phi) is 7.00. The minimum atomic E-state index is 0.339. The third-order valence-electron chi connectivity index (χ3n) is 5.73. The third kappa shape index (κ3) is 5.06. The fraction of sp³-hybridized carbons (Fsp3) is 0.522. The molecule has 0 aliphatic heterocycles. The predicted molar refractivity (Wildman–Crippen MR) is 117 cm³/mol. The van der Waals surface area contributed by atoms with Gasteiger partial charge in [0.1, 0.15) is 4.47 Å². The molecule has 1 aromatic carbocycles. The second-order valence-electron chi connectivity index (χ2n) is 8.61. The molecule has 1 aliphatic rings. The van der Waals surface area contributed by atoms with E-state index in [2.05, 4.69) is 58.9 Å². The summed E-state index contributed by atoms with van der Waals surface area (Å²) in [5, 5.41) is 2.08. The molecule has 3 rings (SSSR count). The fourth-order valence-electron chi connectivity index (χ4n) is 3.99. The van der Waals surface area contributed by atoms with E-state index in [1.807, 2.05) is 24.3 Å². The minimum absolute atomic E-state index is 0.339. The van der Waals surface area contributed by atoms with E-state index in [0.29, 0.717) is 23.9 Å². The maximum atomic E-state index is 6.37. The summed E-state index contributed by atoms with van der Waals surface area (Å²) in [4.78, 5) is 10.7. The molecule has 2 aromatic rings. The van der Waals surface area contributed by atoms with Gasteiger partial charge in [-0.15, -0.1) is 0 Å². The van der Waals surface area contributed by atoms with Crippen LogP contribution in [0.15, 0.2) is 47.1 Å². The van der Waals surface area contributed by atoms with Gasteiger partial charge in [0.15, 0.2) is 0 Å². The molecule has 28 heavy (non-hydrogen) atoms. The molecular formula is C23H31BrN2O2. The van der Waals surface area contributed by atoms with Crippen molar-refractivity contribution in [1.29, 1.82) is 0 Å². The Morgan fingerprint density at radius 3 is 2.36 bits per heavy atom. The maximum Gasteiger partial charge on any atom is 0.229 e. The molecule has 1 saturated carbocycles. The maximum absolute atomic E-state index is 6.37. The lowest BCUT2D eigenvalue weighted by atomic mass is 9.71. The quantitative estimate of drug-likeness (QED) is 0.480. The molecule has 1 aliphatic carbocycles. The highest BCUT2D eigenvalue weighted by Crippen LogP contribution is 2.42. The second-order valence-corrected chi connectivity index (χ2v) is 9.40. The number of aromatic nitrogens is 1. The highest BCUT2D eigenvalue weighted by molar-refractivity contribution is 9.10. The number of benzene rings is 1. The summed E-state index contributed by atoms with van der Waals surface area (Å²) in [6.45, 7) is 7.60. The summed E-state index contributed by atoms with van der Waals surface area (Å²) in [5.74, 6) is 1.34. The standard InChI is InChI=1S/C23H31BrN2O2/c1-23(2,3)18-10-12-19(13-11-18)26(28-16-17-8-6-5-7-9-17)20-14-15-25-22(27-4)21(20)24/h5-9,14-15,18-19H,10-13,16H2,1-4H3. The topological polar surface area (TPSA) is 34.6 Å². The van der Waals surface area contributed by atoms with Gasteiger partial charge in [0, 0.05) is 6.20 Å². The molecule has 0 spiro atoms. The molecule has 0 radical (unpaired) electrons. The third-order valence-corrected chi connectivity index (χ3v) is 6.48. The van der Waals surface area contributed by atoms with Gasteiger partial charge in [-0.25, -0.2) is 10.0 Å². The average molecular weight is 447 g/mol. The Morgan fingerprint density at radius 1 is 1.07 bits per heavy atom. The van der Waals surface area contributed by atoms with Crippen LogP contribution in [0.5, 0.6) is 5.88 Å². The lowest BCUT2D eigenvalue weighted by Gasteiger charge is -2.41. The molecule has 0 saturated heterocycles. The Morgan fingerprint density at radius 2 is 1.75 bits per heavy atom. The van der Waals surface area contributed by atoms with Crippen LogP contribution in [0.4, 0.5) is 5.69 Å². The van der Waals surface area contributed by atoms with Crippen LogP contribution in [0.3, 0.4) is 0 Å². The predicted octanol–water partition coefficient (Wildman–Crippen LogP) is 6.40. The van der Waals surface area contributed by atoms with E-state index >= 15 is 0 Å². The molecule has 152 valence electrons. The van der Waals surface area contributed by atoms with Crippen LogP contribution >= 0.6 is 15.9 Å². The number of rotatable bonds is 6. The lowest BCUT2D eigenvalue weighted by Crippen LogP contribution is -2.40. The zero-order valence-electron chi connectivity index (χ0n) is 17.3. The number of hydroxylamine groups is 1. The number of pyridine rings is 1. The number of anilines is 1. The second kappa shape index (κ2) is 9.27. The van der Waals surface area contributed by atoms with Crippen molar-refractivity contribution < 1.29 is 9.57 Å². The first-order valence-electron chi connectivity index (χ1n) is 10.0. The van der Waals surface area contributed by atoms with Crippen LogP contribution in [-0.2, 0) is 11.4 Å². The molecule has 0 amide bonds. The van der Waals surface area contributed by atoms with E-state index in [0.717, 1.165) is 34.5 Å². The molecule has 1 fully saturated rings. The van der Waals surface area contributed by atoms with Crippen molar-refractivity contribution in [3.63, 3.8) is 0 Å². The van der Waals surface area contributed by atoms with E-state index in [4.69, 9.17) is 9.57 Å². The minimum Gasteiger partial charge on any atom is -0.480 e. The zero-order valence-corrected chi connectivity index (χ0v) is 18.9. The van der Waals surface area contributed by atoms with Gasteiger partial charge in [-0.05, 0) is 64.6 Å². The van der Waals surface area contributed by atoms with Crippen LogP contribution in [0.2, 0.25) is 0 Å².